The summed E-state index contributed by atoms with van der Waals surface area (Å²) in [4.78, 5) is 21.3. The molecule has 1 rings (SSSR count). The summed E-state index contributed by atoms with van der Waals surface area (Å²) in [7, 11) is 0. The van der Waals surface area contributed by atoms with Crippen LogP contribution in [0.3, 0.4) is 0 Å². The van der Waals surface area contributed by atoms with Crippen LogP contribution in [0.15, 0.2) is 24.3 Å². The van der Waals surface area contributed by atoms with Gasteiger partial charge in [0, 0.05) is 11.1 Å². The van der Waals surface area contributed by atoms with Crippen molar-refractivity contribution in [3.8, 4) is 17.9 Å². The second kappa shape index (κ2) is 6.16. The van der Waals surface area contributed by atoms with Gasteiger partial charge in [0.25, 0.3) is 0 Å². The minimum absolute atomic E-state index is 0.115. The van der Waals surface area contributed by atoms with Gasteiger partial charge in [0.2, 0.25) is 0 Å². The normalized spacial score (nSPS) is 8.44. The van der Waals surface area contributed by atoms with Gasteiger partial charge in [-0.05, 0) is 12.1 Å². The van der Waals surface area contributed by atoms with Crippen molar-refractivity contribution in [3.05, 3.63) is 35.4 Å². The van der Waals surface area contributed by atoms with Crippen molar-refractivity contribution in [2.45, 2.75) is 12.8 Å². The van der Waals surface area contributed by atoms with Crippen LogP contribution in [-0.2, 0) is 4.79 Å². The Kier molecular flexibility index (Phi) is 4.50. The summed E-state index contributed by atoms with van der Waals surface area (Å²) >= 11 is 0. The zero-order chi connectivity index (χ0) is 11.8. The molecule has 0 atom stereocenters. The predicted octanol–water partition coefficient (Wildman–Crippen LogP) is 1.72. The molecule has 0 aromatic heterocycles. The van der Waals surface area contributed by atoms with Gasteiger partial charge in [-0.15, -0.1) is 0 Å². The average Bonchev–Trinajstić information content (AvgIpc) is 2.30. The first-order valence-corrected chi connectivity index (χ1v) is 4.70. The molecule has 0 saturated heterocycles. The molecule has 16 heavy (non-hydrogen) atoms. The highest BCUT2D eigenvalue weighted by Gasteiger charge is 2.03. The topological polar surface area (TPSA) is 57.9 Å². The first-order chi connectivity index (χ1) is 7.77. The van der Waals surface area contributed by atoms with Gasteiger partial charge in [0.1, 0.15) is 6.29 Å². The van der Waals surface area contributed by atoms with Crippen LogP contribution >= 0.6 is 0 Å². The molecule has 0 amide bonds. The Balaban J connectivity index is 2.77. The van der Waals surface area contributed by atoms with Crippen molar-refractivity contribution in [2.75, 3.05) is 0 Å². The molecular weight excluding hydrogens is 202 g/mol. The summed E-state index contributed by atoms with van der Waals surface area (Å²) in [5, 5.41) is 8.37. The molecular formula is C13H9NO2. The van der Waals surface area contributed by atoms with Gasteiger partial charge in [-0.25, -0.2) is 0 Å². The lowest BCUT2D eigenvalue weighted by Crippen LogP contribution is -1.96. The van der Waals surface area contributed by atoms with Crippen LogP contribution in [-0.4, -0.2) is 12.1 Å². The zero-order valence-corrected chi connectivity index (χ0v) is 8.56. The Morgan fingerprint density at radius 3 is 2.56 bits per heavy atom. The summed E-state index contributed by atoms with van der Waals surface area (Å²) in [6, 6.07) is 8.46. The summed E-state index contributed by atoms with van der Waals surface area (Å²) in [5.41, 5.74) is 1.25. The van der Waals surface area contributed by atoms with E-state index in [-0.39, 0.29) is 18.6 Å². The maximum Gasteiger partial charge on any atom is 0.176 e. The fraction of sp³-hybridized carbons (Fsp3) is 0.154. The van der Waals surface area contributed by atoms with Gasteiger partial charge in [0.15, 0.2) is 5.78 Å². The van der Waals surface area contributed by atoms with Crippen molar-refractivity contribution >= 4 is 12.1 Å². The monoisotopic (exact) mass is 211 g/mol. The second-order valence-corrected chi connectivity index (χ2v) is 3.01. The Hall–Kier alpha value is -2.39. The number of hydrogen-bond donors (Lipinski definition) is 0. The van der Waals surface area contributed by atoms with Gasteiger partial charge < -0.3 is 4.79 Å². The molecule has 0 saturated carbocycles. The molecule has 0 aliphatic carbocycles. The van der Waals surface area contributed by atoms with E-state index < -0.39 is 0 Å². The largest absolute Gasteiger partial charge is 0.302 e. The van der Waals surface area contributed by atoms with Crippen molar-refractivity contribution in [3.63, 3.8) is 0 Å². The SMILES string of the molecule is N#CCC(=O)c1ccc(C#CCC=O)cc1. The van der Waals surface area contributed by atoms with E-state index >= 15 is 0 Å². The minimum Gasteiger partial charge on any atom is -0.302 e. The van der Waals surface area contributed by atoms with Crippen molar-refractivity contribution < 1.29 is 9.59 Å². The number of carbonyl (C=O) groups is 2. The van der Waals surface area contributed by atoms with E-state index in [1.165, 1.54) is 0 Å². The number of Topliss-reactive ketones (excluding diaryl/α,β-unsaturated/α-hetero) is 1. The van der Waals surface area contributed by atoms with E-state index in [1.54, 1.807) is 30.3 Å². The Labute approximate surface area is 93.7 Å². The van der Waals surface area contributed by atoms with E-state index in [4.69, 9.17) is 5.26 Å². The predicted molar refractivity (Wildman–Crippen MR) is 58.6 cm³/mol. The number of carbonyl (C=O) groups excluding carboxylic acids is 2. The molecule has 0 bridgehead atoms. The molecule has 0 spiro atoms. The van der Waals surface area contributed by atoms with Gasteiger partial charge >= 0.3 is 0 Å². The molecule has 78 valence electrons. The molecule has 0 fully saturated rings. The lowest BCUT2D eigenvalue weighted by Gasteiger charge is -1.96. The highest BCUT2D eigenvalue weighted by Crippen LogP contribution is 2.05. The third-order valence-corrected chi connectivity index (χ3v) is 1.86. The van der Waals surface area contributed by atoms with Crippen LogP contribution in [0.25, 0.3) is 0 Å². The quantitative estimate of drug-likeness (QED) is 0.434. The number of aldehydes is 1. The Morgan fingerprint density at radius 1 is 1.31 bits per heavy atom. The standard InChI is InChI=1S/C13H9NO2/c14-9-8-13(16)12-6-4-11(5-7-12)3-1-2-10-15/h4-7,10H,2,8H2. The molecule has 3 heteroatoms. The number of benzene rings is 1. The van der Waals surface area contributed by atoms with Crippen molar-refractivity contribution in [2.24, 2.45) is 0 Å². The number of ketones is 1. The number of rotatable bonds is 3. The molecule has 0 N–H and O–H groups in total. The highest BCUT2D eigenvalue weighted by atomic mass is 16.1. The fourth-order valence-electron chi connectivity index (χ4n) is 1.11. The molecule has 3 nitrogen and oxygen atoms in total. The van der Waals surface area contributed by atoms with Crippen LogP contribution in [0.5, 0.6) is 0 Å². The summed E-state index contributed by atoms with van der Waals surface area (Å²) in [6.07, 6.45) is 0.823. The Morgan fingerprint density at radius 2 is 2.00 bits per heavy atom. The molecule has 1 aromatic rings. The smallest absolute Gasteiger partial charge is 0.176 e. The van der Waals surface area contributed by atoms with E-state index in [1.807, 2.05) is 0 Å². The molecule has 1 aromatic carbocycles. The van der Waals surface area contributed by atoms with E-state index in [0.717, 1.165) is 11.8 Å². The van der Waals surface area contributed by atoms with Crippen molar-refractivity contribution in [1.82, 2.24) is 0 Å². The van der Waals surface area contributed by atoms with Gasteiger partial charge in [-0.2, -0.15) is 5.26 Å². The lowest BCUT2D eigenvalue weighted by atomic mass is 10.1. The van der Waals surface area contributed by atoms with Crippen LogP contribution in [0.4, 0.5) is 0 Å². The number of hydrogen-bond acceptors (Lipinski definition) is 3. The first kappa shape index (κ1) is 11.7. The van der Waals surface area contributed by atoms with Crippen LogP contribution in [0, 0.1) is 23.2 Å². The maximum atomic E-state index is 11.3. The molecule has 0 aliphatic heterocycles. The fourth-order valence-corrected chi connectivity index (χ4v) is 1.11. The molecule has 0 unspecified atom stereocenters. The van der Waals surface area contributed by atoms with Crippen LogP contribution < -0.4 is 0 Å². The summed E-state index contributed by atoms with van der Waals surface area (Å²) in [5.74, 6) is 5.26. The third-order valence-electron chi connectivity index (χ3n) is 1.86. The molecule has 0 heterocycles. The lowest BCUT2D eigenvalue weighted by molar-refractivity contribution is -0.107. The van der Waals surface area contributed by atoms with Gasteiger partial charge in [-0.1, -0.05) is 24.0 Å². The van der Waals surface area contributed by atoms with E-state index in [0.29, 0.717) is 5.56 Å². The van der Waals surface area contributed by atoms with E-state index in [9.17, 15) is 9.59 Å². The minimum atomic E-state index is -0.199. The first-order valence-electron chi connectivity index (χ1n) is 4.70. The summed E-state index contributed by atoms with van der Waals surface area (Å²) < 4.78 is 0. The highest BCUT2D eigenvalue weighted by molar-refractivity contribution is 5.97. The Bertz CT molecular complexity index is 483. The second-order valence-electron chi connectivity index (χ2n) is 3.01. The van der Waals surface area contributed by atoms with E-state index in [2.05, 4.69) is 11.8 Å². The summed E-state index contributed by atoms with van der Waals surface area (Å²) in [6.45, 7) is 0. The number of nitriles is 1. The van der Waals surface area contributed by atoms with Crippen molar-refractivity contribution in [1.29, 1.82) is 5.26 Å². The van der Waals surface area contributed by atoms with Crippen LogP contribution in [0.2, 0.25) is 0 Å². The van der Waals surface area contributed by atoms with Gasteiger partial charge in [-0.3, -0.25) is 4.79 Å². The zero-order valence-electron chi connectivity index (χ0n) is 8.56. The van der Waals surface area contributed by atoms with Crippen LogP contribution in [0.1, 0.15) is 28.8 Å². The number of nitrogens with zero attached hydrogens (tertiary/aromatic N) is 1. The molecule has 0 radical (unpaired) electrons. The third kappa shape index (κ3) is 3.40. The maximum absolute atomic E-state index is 11.3. The average molecular weight is 211 g/mol. The van der Waals surface area contributed by atoms with Gasteiger partial charge in [0.05, 0.1) is 18.9 Å². The molecule has 0 aliphatic rings.